The van der Waals surface area contributed by atoms with E-state index in [0.29, 0.717) is 18.4 Å². The fraction of sp³-hybridized carbons (Fsp3) is 0.643. The van der Waals surface area contributed by atoms with Crippen LogP contribution in [0.15, 0.2) is 16.3 Å². The van der Waals surface area contributed by atoms with Gasteiger partial charge in [-0.05, 0) is 50.3 Å². The van der Waals surface area contributed by atoms with Gasteiger partial charge in [-0.15, -0.1) is 11.3 Å². The highest BCUT2D eigenvalue weighted by molar-refractivity contribution is 7.91. The van der Waals surface area contributed by atoms with E-state index in [1.54, 1.807) is 12.1 Å². The Kier molecular flexibility index (Phi) is 4.28. The zero-order chi connectivity index (χ0) is 15.9. The zero-order valence-electron chi connectivity index (χ0n) is 12.4. The first kappa shape index (κ1) is 15.9. The summed E-state index contributed by atoms with van der Waals surface area (Å²) < 4.78 is 25.9. The Morgan fingerprint density at radius 2 is 2.09 bits per heavy atom. The molecule has 1 heterocycles. The van der Waals surface area contributed by atoms with Gasteiger partial charge in [-0.2, -0.15) is 0 Å². The van der Waals surface area contributed by atoms with E-state index in [-0.39, 0.29) is 22.1 Å². The number of carbonyl (C=O) groups is 1. The minimum Gasteiger partial charge on any atom is -0.351 e. The molecule has 4 N–H and O–H groups in total. The van der Waals surface area contributed by atoms with Crippen LogP contribution in [0.2, 0.25) is 0 Å². The number of rotatable bonds is 5. The van der Waals surface area contributed by atoms with E-state index < -0.39 is 10.0 Å². The fourth-order valence-electron chi connectivity index (χ4n) is 3.72. The summed E-state index contributed by atoms with van der Waals surface area (Å²) in [6.07, 6.45) is 3.31. The molecule has 0 saturated heterocycles. The van der Waals surface area contributed by atoms with Crippen LogP contribution in [0.4, 0.5) is 0 Å². The highest BCUT2D eigenvalue weighted by Crippen LogP contribution is 2.47. The van der Waals surface area contributed by atoms with Crippen LogP contribution in [0.1, 0.15) is 24.1 Å². The molecule has 1 aromatic rings. The number of hydrogen-bond donors (Lipinski definition) is 3. The van der Waals surface area contributed by atoms with E-state index >= 15 is 0 Å². The number of carbonyl (C=O) groups excluding carboxylic acids is 1. The molecule has 2 saturated carbocycles. The quantitative estimate of drug-likeness (QED) is 0.730. The second-order valence-corrected chi connectivity index (χ2v) is 9.36. The Labute approximate surface area is 134 Å². The van der Waals surface area contributed by atoms with Crippen molar-refractivity contribution in [2.24, 2.45) is 23.5 Å². The molecule has 2 aliphatic rings. The molecule has 3 rings (SSSR count). The Balaban J connectivity index is 1.60. The van der Waals surface area contributed by atoms with Crippen molar-refractivity contribution in [1.82, 2.24) is 10.0 Å². The maximum absolute atomic E-state index is 12.4. The molecule has 122 valence electrons. The van der Waals surface area contributed by atoms with Gasteiger partial charge >= 0.3 is 0 Å². The number of nitrogens with two attached hydrogens (primary N) is 1. The SMILES string of the molecule is CNS(=O)(=O)c1ccc(CNC(=O)C2C3CCC(C3)C2N)s1. The molecule has 2 fully saturated rings. The summed E-state index contributed by atoms with van der Waals surface area (Å²) in [6, 6.07) is 3.26. The molecule has 22 heavy (non-hydrogen) atoms. The molecular formula is C14H21N3O3S2. The first-order valence-corrected chi connectivity index (χ1v) is 9.78. The Bertz CT molecular complexity index is 669. The second kappa shape index (κ2) is 5.92. The van der Waals surface area contributed by atoms with E-state index in [9.17, 15) is 13.2 Å². The lowest BCUT2D eigenvalue weighted by Crippen LogP contribution is -2.45. The number of hydrogen-bond acceptors (Lipinski definition) is 5. The summed E-state index contributed by atoms with van der Waals surface area (Å²) in [7, 11) is -2.03. The van der Waals surface area contributed by atoms with E-state index in [4.69, 9.17) is 5.73 Å². The Morgan fingerprint density at radius 3 is 2.73 bits per heavy atom. The number of nitrogens with one attached hydrogen (secondary N) is 2. The Morgan fingerprint density at radius 1 is 1.36 bits per heavy atom. The average molecular weight is 343 g/mol. The van der Waals surface area contributed by atoms with Crippen LogP contribution in [0.5, 0.6) is 0 Å². The molecule has 8 heteroatoms. The van der Waals surface area contributed by atoms with Crippen molar-refractivity contribution in [2.75, 3.05) is 7.05 Å². The van der Waals surface area contributed by atoms with Crippen LogP contribution >= 0.6 is 11.3 Å². The number of thiophene rings is 1. The third-order valence-corrected chi connectivity index (χ3v) is 7.88. The maximum Gasteiger partial charge on any atom is 0.249 e. The van der Waals surface area contributed by atoms with Crippen molar-refractivity contribution in [3.63, 3.8) is 0 Å². The first-order valence-electron chi connectivity index (χ1n) is 7.48. The van der Waals surface area contributed by atoms with Gasteiger partial charge in [0, 0.05) is 10.9 Å². The summed E-state index contributed by atoms with van der Waals surface area (Å²) in [4.78, 5) is 13.2. The van der Waals surface area contributed by atoms with Crippen molar-refractivity contribution in [1.29, 1.82) is 0 Å². The van der Waals surface area contributed by atoms with Crippen LogP contribution in [0, 0.1) is 17.8 Å². The van der Waals surface area contributed by atoms with Gasteiger partial charge in [-0.3, -0.25) is 4.79 Å². The van der Waals surface area contributed by atoms with Crippen molar-refractivity contribution < 1.29 is 13.2 Å². The van der Waals surface area contributed by atoms with Crippen LogP contribution in [0.3, 0.4) is 0 Å². The van der Waals surface area contributed by atoms with Crippen LogP contribution in [0.25, 0.3) is 0 Å². The molecule has 2 aliphatic carbocycles. The summed E-state index contributed by atoms with van der Waals surface area (Å²) in [5.74, 6) is 0.837. The normalized spacial score (nSPS) is 30.6. The van der Waals surface area contributed by atoms with E-state index in [1.807, 2.05) is 0 Å². The van der Waals surface area contributed by atoms with Crippen molar-refractivity contribution in [3.05, 3.63) is 17.0 Å². The van der Waals surface area contributed by atoms with Crippen molar-refractivity contribution >= 4 is 27.3 Å². The van der Waals surface area contributed by atoms with E-state index in [2.05, 4.69) is 10.0 Å². The van der Waals surface area contributed by atoms with E-state index in [1.165, 1.54) is 18.4 Å². The average Bonchev–Trinajstić information content (AvgIpc) is 3.20. The van der Waals surface area contributed by atoms with Gasteiger partial charge in [0.2, 0.25) is 15.9 Å². The largest absolute Gasteiger partial charge is 0.351 e. The Hall–Kier alpha value is -0.960. The third kappa shape index (κ3) is 2.80. The predicted molar refractivity (Wildman–Crippen MR) is 84.7 cm³/mol. The molecule has 1 aromatic heterocycles. The van der Waals surface area contributed by atoms with Gasteiger partial charge < -0.3 is 11.1 Å². The monoisotopic (exact) mass is 343 g/mol. The number of amides is 1. The maximum atomic E-state index is 12.4. The minimum absolute atomic E-state index is 0.00567. The lowest BCUT2D eigenvalue weighted by molar-refractivity contribution is -0.127. The lowest BCUT2D eigenvalue weighted by atomic mass is 9.84. The molecule has 4 atom stereocenters. The highest BCUT2D eigenvalue weighted by atomic mass is 32.2. The van der Waals surface area contributed by atoms with Gasteiger partial charge in [0.15, 0.2) is 0 Å². The molecule has 0 spiro atoms. The first-order chi connectivity index (χ1) is 10.4. The molecule has 4 unspecified atom stereocenters. The topological polar surface area (TPSA) is 101 Å². The van der Waals surface area contributed by atoms with Gasteiger partial charge in [0.1, 0.15) is 4.21 Å². The molecule has 0 aliphatic heterocycles. The summed E-state index contributed by atoms with van der Waals surface area (Å²) in [5.41, 5.74) is 6.17. The molecule has 6 nitrogen and oxygen atoms in total. The standard InChI is InChI=1S/C14H21N3O3S2/c1-16-22(19,20)11-5-4-10(21-11)7-17-14(18)12-8-2-3-9(6-8)13(12)15/h4-5,8-9,12-13,16H,2-3,6-7,15H2,1H3,(H,17,18). The second-order valence-electron chi connectivity index (χ2n) is 6.08. The minimum atomic E-state index is -3.41. The van der Waals surface area contributed by atoms with Crippen molar-refractivity contribution in [3.8, 4) is 0 Å². The van der Waals surface area contributed by atoms with Gasteiger partial charge in [-0.1, -0.05) is 0 Å². The zero-order valence-corrected chi connectivity index (χ0v) is 14.0. The predicted octanol–water partition coefficient (Wildman–Crippen LogP) is 0.646. The van der Waals surface area contributed by atoms with Crippen LogP contribution in [-0.2, 0) is 21.4 Å². The third-order valence-electron chi connectivity index (χ3n) is 4.89. The van der Waals surface area contributed by atoms with E-state index in [0.717, 1.165) is 24.1 Å². The molecule has 0 radical (unpaired) electrons. The fourth-order valence-corrected chi connectivity index (χ4v) is 5.85. The highest BCUT2D eigenvalue weighted by Gasteiger charge is 2.48. The lowest BCUT2D eigenvalue weighted by Gasteiger charge is -2.26. The van der Waals surface area contributed by atoms with Crippen LogP contribution < -0.4 is 15.8 Å². The number of sulfonamides is 1. The van der Waals surface area contributed by atoms with Crippen LogP contribution in [-0.4, -0.2) is 27.4 Å². The smallest absolute Gasteiger partial charge is 0.249 e. The number of fused-ring (bicyclic) bond motifs is 2. The molecular weight excluding hydrogens is 322 g/mol. The molecule has 1 amide bonds. The molecule has 0 aromatic carbocycles. The van der Waals surface area contributed by atoms with Gasteiger partial charge in [0.25, 0.3) is 0 Å². The van der Waals surface area contributed by atoms with Gasteiger partial charge in [0.05, 0.1) is 12.5 Å². The summed E-state index contributed by atoms with van der Waals surface area (Å²) in [6.45, 7) is 0.351. The summed E-state index contributed by atoms with van der Waals surface area (Å²) >= 11 is 1.17. The molecule has 2 bridgehead atoms. The summed E-state index contributed by atoms with van der Waals surface area (Å²) in [5, 5.41) is 2.92. The van der Waals surface area contributed by atoms with Gasteiger partial charge in [-0.25, -0.2) is 13.1 Å². The van der Waals surface area contributed by atoms with Crippen molar-refractivity contribution in [2.45, 2.75) is 36.1 Å².